The molecule has 2 saturated heterocycles. The van der Waals surface area contributed by atoms with Crippen molar-refractivity contribution in [2.24, 2.45) is 17.4 Å². The fourth-order valence-electron chi connectivity index (χ4n) is 5.97. The number of carbonyl (C=O) groups excluding carboxylic acids is 1. The van der Waals surface area contributed by atoms with Crippen LogP contribution in [0.15, 0.2) is 0 Å². The van der Waals surface area contributed by atoms with Crippen LogP contribution >= 0.6 is 0 Å². The van der Waals surface area contributed by atoms with Gasteiger partial charge in [0.05, 0.1) is 31.5 Å². The highest BCUT2D eigenvalue weighted by Gasteiger charge is 2.53. The van der Waals surface area contributed by atoms with Crippen LogP contribution in [0.5, 0.6) is 0 Å². The van der Waals surface area contributed by atoms with Gasteiger partial charge < -0.3 is 87.0 Å². The summed E-state index contributed by atoms with van der Waals surface area (Å²) >= 11 is 0. The zero-order valence-electron chi connectivity index (χ0n) is 24.8. The van der Waals surface area contributed by atoms with Gasteiger partial charge in [-0.2, -0.15) is 0 Å². The average molecular weight is 643 g/mol. The van der Waals surface area contributed by atoms with Crippen LogP contribution in [0.1, 0.15) is 19.8 Å². The normalized spacial score (nSPS) is 44.7. The third kappa shape index (κ3) is 8.66. The SMILES string of the molecule is CN[C@@H]1[C@@H](O)[C@@H](O[C@H]2[C@H](CC(=O)[C@@H](O)CN)C[C@H](N)C(O[C@H]3O[C@H](CNCC(O)CO)[C@@H](O)[C@H](O)[C@H]3O)[C@@H]2O)OC[C@]1(C)O. The van der Waals surface area contributed by atoms with Crippen LogP contribution in [0.25, 0.3) is 0 Å². The van der Waals surface area contributed by atoms with Crippen molar-refractivity contribution in [3.8, 4) is 0 Å². The van der Waals surface area contributed by atoms with Crippen molar-refractivity contribution in [3.05, 3.63) is 0 Å². The van der Waals surface area contributed by atoms with Crippen LogP contribution in [0, 0.1) is 5.92 Å². The maximum atomic E-state index is 12.6. The lowest BCUT2D eigenvalue weighted by Gasteiger charge is -2.49. The number of hydrogen-bond donors (Lipinski definition) is 13. The zero-order chi connectivity index (χ0) is 32.9. The zero-order valence-corrected chi connectivity index (χ0v) is 24.8. The fourth-order valence-corrected chi connectivity index (χ4v) is 5.97. The molecule has 18 nitrogen and oxygen atoms in total. The van der Waals surface area contributed by atoms with Crippen molar-refractivity contribution in [3.63, 3.8) is 0 Å². The van der Waals surface area contributed by atoms with Crippen molar-refractivity contribution in [2.75, 3.05) is 39.9 Å². The summed E-state index contributed by atoms with van der Waals surface area (Å²) in [5.41, 5.74) is 10.3. The number of likely N-dealkylation sites (N-methyl/N-ethyl adjacent to an activating group) is 1. The Balaban J connectivity index is 1.80. The maximum Gasteiger partial charge on any atom is 0.187 e. The largest absolute Gasteiger partial charge is 0.394 e. The smallest absolute Gasteiger partial charge is 0.187 e. The van der Waals surface area contributed by atoms with E-state index in [1.165, 1.54) is 14.0 Å². The van der Waals surface area contributed by atoms with Crippen LogP contribution in [0.2, 0.25) is 0 Å². The Kier molecular flexibility index (Phi) is 13.8. The molecule has 3 rings (SSSR count). The summed E-state index contributed by atoms with van der Waals surface area (Å²) in [6.07, 6.45) is -17.7. The lowest BCUT2D eigenvalue weighted by molar-refractivity contribution is -0.333. The first-order chi connectivity index (χ1) is 20.7. The summed E-state index contributed by atoms with van der Waals surface area (Å²) in [6, 6.07) is -1.88. The van der Waals surface area contributed by atoms with Crippen LogP contribution in [0.3, 0.4) is 0 Å². The Morgan fingerprint density at radius 3 is 2.30 bits per heavy atom. The molecule has 0 amide bonds. The summed E-state index contributed by atoms with van der Waals surface area (Å²) in [6.45, 7) is 0.195. The molecule has 44 heavy (non-hydrogen) atoms. The Morgan fingerprint density at radius 2 is 1.68 bits per heavy atom. The molecule has 0 aromatic rings. The van der Waals surface area contributed by atoms with Gasteiger partial charge in [-0.05, 0) is 26.3 Å². The van der Waals surface area contributed by atoms with Gasteiger partial charge in [-0.15, -0.1) is 0 Å². The van der Waals surface area contributed by atoms with Crippen LogP contribution in [0.4, 0.5) is 0 Å². The molecule has 258 valence electrons. The molecule has 2 aliphatic heterocycles. The van der Waals surface area contributed by atoms with Crippen molar-refractivity contribution < 1.29 is 69.7 Å². The van der Waals surface area contributed by atoms with Crippen LogP contribution in [-0.2, 0) is 23.7 Å². The van der Waals surface area contributed by atoms with E-state index in [1.54, 1.807) is 0 Å². The van der Waals surface area contributed by atoms with Gasteiger partial charge in [0.1, 0.15) is 54.4 Å². The Labute approximate surface area is 254 Å². The molecule has 15 N–H and O–H groups in total. The minimum atomic E-state index is -1.77. The number of nitrogens with one attached hydrogen (secondary N) is 2. The summed E-state index contributed by atoms with van der Waals surface area (Å²) in [5, 5.41) is 98.6. The molecule has 2 unspecified atom stereocenters. The Bertz CT molecular complexity index is 907. The average Bonchev–Trinajstić information content (AvgIpc) is 2.98. The van der Waals surface area contributed by atoms with Crippen molar-refractivity contribution >= 4 is 5.78 Å². The molecule has 1 saturated carbocycles. The van der Waals surface area contributed by atoms with Gasteiger partial charge in [-0.3, -0.25) is 4.79 Å². The molecule has 3 fully saturated rings. The summed E-state index contributed by atoms with van der Waals surface area (Å²) in [5.74, 6) is -1.45. The van der Waals surface area contributed by atoms with E-state index in [0.717, 1.165) is 0 Å². The molecule has 0 aromatic heterocycles. The lowest BCUT2D eigenvalue weighted by atomic mass is 9.76. The molecule has 3 aliphatic rings. The number of rotatable bonds is 14. The Morgan fingerprint density at radius 1 is 1.02 bits per heavy atom. The van der Waals surface area contributed by atoms with E-state index < -0.39 is 110 Å². The molecule has 0 spiro atoms. The second-order valence-electron chi connectivity index (χ2n) is 12.1. The Hall–Kier alpha value is -1.01. The highest BCUT2D eigenvalue weighted by atomic mass is 16.7. The van der Waals surface area contributed by atoms with Gasteiger partial charge in [0.2, 0.25) is 0 Å². The van der Waals surface area contributed by atoms with Crippen molar-refractivity contribution in [1.82, 2.24) is 10.6 Å². The predicted octanol–water partition coefficient (Wildman–Crippen LogP) is -7.45. The number of hydrogen-bond acceptors (Lipinski definition) is 18. The fraction of sp³-hybridized carbons (Fsp3) is 0.962. The van der Waals surface area contributed by atoms with E-state index in [0.29, 0.717) is 0 Å². The highest BCUT2D eigenvalue weighted by Crippen LogP contribution is 2.36. The third-order valence-electron chi connectivity index (χ3n) is 8.52. The minimum Gasteiger partial charge on any atom is -0.394 e. The molecule has 16 atom stereocenters. The number of nitrogens with two attached hydrogens (primary N) is 2. The van der Waals surface area contributed by atoms with E-state index in [4.69, 9.17) is 35.5 Å². The first-order valence-electron chi connectivity index (χ1n) is 14.7. The van der Waals surface area contributed by atoms with Gasteiger partial charge in [0.25, 0.3) is 0 Å². The van der Waals surface area contributed by atoms with Gasteiger partial charge in [-0.1, -0.05) is 0 Å². The van der Waals surface area contributed by atoms with Gasteiger partial charge >= 0.3 is 0 Å². The van der Waals surface area contributed by atoms with E-state index in [2.05, 4.69) is 10.6 Å². The van der Waals surface area contributed by atoms with Crippen molar-refractivity contribution in [1.29, 1.82) is 0 Å². The first kappa shape index (κ1) is 37.4. The second kappa shape index (κ2) is 16.2. The number of ketones is 1. The topological polar surface area (TPSA) is 312 Å². The molecule has 0 bridgehead atoms. The summed E-state index contributed by atoms with van der Waals surface area (Å²) in [4.78, 5) is 12.6. The van der Waals surface area contributed by atoms with E-state index in [9.17, 15) is 45.6 Å². The van der Waals surface area contributed by atoms with E-state index in [-0.39, 0.29) is 39.1 Å². The van der Waals surface area contributed by atoms with Crippen LogP contribution < -0.4 is 22.1 Å². The molecule has 18 heteroatoms. The van der Waals surface area contributed by atoms with E-state index >= 15 is 0 Å². The number of Topliss-reactive ketones (excluding diaryl/α,β-unsaturated/α-hetero) is 1. The number of ether oxygens (including phenoxy) is 4. The molecule has 0 aromatic carbocycles. The van der Waals surface area contributed by atoms with Gasteiger partial charge in [-0.25, -0.2) is 0 Å². The van der Waals surface area contributed by atoms with Crippen LogP contribution in [-0.4, -0.2) is 183 Å². The highest BCUT2D eigenvalue weighted by molar-refractivity contribution is 5.83. The molecule has 1 aliphatic carbocycles. The van der Waals surface area contributed by atoms with Gasteiger partial charge in [0, 0.05) is 32.1 Å². The van der Waals surface area contributed by atoms with Crippen molar-refractivity contribution in [2.45, 2.75) is 111 Å². The summed E-state index contributed by atoms with van der Waals surface area (Å²) in [7, 11) is 1.52. The lowest BCUT2D eigenvalue weighted by Crippen LogP contribution is -2.67. The standard InChI is InChI=1S/C26H50N4O14/c1-26(40)9-41-24(20(39)23(26)29-2)43-21-10(4-13(33)14(34)5-27)3-12(28)22(19(21)38)44-25-18(37)17(36)16(35)15(42-25)7-30-6-11(32)8-31/h10-12,14-25,29-32,34-40H,3-9,27-28H2,1-2H3/t10-,11?,12-,14-,15+,16+,17-,18+,19+,20+,21-,22?,23+,24+,25+,26-/m0/s1. The predicted molar refractivity (Wildman–Crippen MR) is 148 cm³/mol. The molecule has 2 heterocycles. The first-order valence-corrected chi connectivity index (χ1v) is 14.7. The third-order valence-corrected chi connectivity index (χ3v) is 8.52. The van der Waals surface area contributed by atoms with Gasteiger partial charge in [0.15, 0.2) is 18.4 Å². The monoisotopic (exact) mass is 642 g/mol. The van der Waals surface area contributed by atoms with E-state index in [1.807, 2.05) is 0 Å². The summed E-state index contributed by atoms with van der Waals surface area (Å²) < 4.78 is 23.2. The number of aliphatic hydroxyl groups excluding tert-OH is 8. The molecule has 0 radical (unpaired) electrons. The number of aliphatic hydroxyl groups is 9. The molecular weight excluding hydrogens is 592 g/mol. The second-order valence-corrected chi connectivity index (χ2v) is 12.1. The molecular formula is C26H50N4O14. The quantitative estimate of drug-likeness (QED) is 0.0836. The minimum absolute atomic E-state index is 0.0105. The number of carbonyl (C=O) groups is 1. The maximum absolute atomic E-state index is 12.6.